The van der Waals surface area contributed by atoms with Crippen LogP contribution in [-0.2, 0) is 0 Å². The maximum atomic E-state index is 12.2. The SMILES string of the molecule is COc1cncc(C(=O)c2ccccc2Br)c1. The van der Waals surface area contributed by atoms with Crippen molar-refractivity contribution in [1.29, 1.82) is 0 Å². The summed E-state index contributed by atoms with van der Waals surface area (Å²) in [6, 6.07) is 8.97. The molecule has 2 aromatic rings. The van der Waals surface area contributed by atoms with Gasteiger partial charge >= 0.3 is 0 Å². The number of carbonyl (C=O) groups is 1. The van der Waals surface area contributed by atoms with Gasteiger partial charge in [0.2, 0.25) is 0 Å². The van der Waals surface area contributed by atoms with Crippen LogP contribution in [0.15, 0.2) is 47.2 Å². The molecule has 0 saturated carbocycles. The molecule has 0 unspecified atom stereocenters. The lowest BCUT2D eigenvalue weighted by molar-refractivity contribution is 0.103. The van der Waals surface area contributed by atoms with Gasteiger partial charge in [-0.15, -0.1) is 0 Å². The molecule has 1 aromatic heterocycles. The first-order valence-electron chi connectivity index (χ1n) is 5.00. The van der Waals surface area contributed by atoms with E-state index in [1.165, 1.54) is 6.20 Å². The lowest BCUT2D eigenvalue weighted by atomic mass is 10.1. The number of hydrogen-bond acceptors (Lipinski definition) is 3. The molecule has 0 amide bonds. The van der Waals surface area contributed by atoms with Gasteiger partial charge in [-0.1, -0.05) is 28.1 Å². The van der Waals surface area contributed by atoms with Gasteiger partial charge in [0, 0.05) is 21.8 Å². The Balaban J connectivity index is 2.40. The maximum absolute atomic E-state index is 12.2. The molecule has 17 heavy (non-hydrogen) atoms. The van der Waals surface area contributed by atoms with E-state index in [-0.39, 0.29) is 5.78 Å². The van der Waals surface area contributed by atoms with Crippen molar-refractivity contribution in [3.05, 3.63) is 58.3 Å². The van der Waals surface area contributed by atoms with Crippen molar-refractivity contribution in [2.24, 2.45) is 0 Å². The Kier molecular flexibility index (Phi) is 3.54. The van der Waals surface area contributed by atoms with Crippen LogP contribution < -0.4 is 4.74 Å². The number of halogens is 1. The number of ketones is 1. The van der Waals surface area contributed by atoms with E-state index in [4.69, 9.17) is 4.74 Å². The average Bonchev–Trinajstić information content (AvgIpc) is 2.38. The largest absolute Gasteiger partial charge is 0.495 e. The zero-order valence-electron chi connectivity index (χ0n) is 9.18. The first-order valence-corrected chi connectivity index (χ1v) is 5.80. The third-order valence-electron chi connectivity index (χ3n) is 2.33. The van der Waals surface area contributed by atoms with E-state index in [1.54, 1.807) is 25.4 Å². The van der Waals surface area contributed by atoms with Crippen molar-refractivity contribution >= 4 is 21.7 Å². The zero-order valence-corrected chi connectivity index (χ0v) is 10.8. The van der Waals surface area contributed by atoms with E-state index in [0.717, 1.165) is 4.47 Å². The molecule has 2 rings (SSSR count). The summed E-state index contributed by atoms with van der Waals surface area (Å²) < 4.78 is 5.82. The number of pyridine rings is 1. The summed E-state index contributed by atoms with van der Waals surface area (Å²) in [6.45, 7) is 0. The van der Waals surface area contributed by atoms with Crippen LogP contribution in [0.3, 0.4) is 0 Å². The molecule has 86 valence electrons. The van der Waals surface area contributed by atoms with E-state index in [0.29, 0.717) is 16.9 Å². The molecule has 0 aliphatic rings. The van der Waals surface area contributed by atoms with Crippen LogP contribution in [0.2, 0.25) is 0 Å². The normalized spacial score (nSPS) is 10.0. The zero-order chi connectivity index (χ0) is 12.3. The molecular weight excluding hydrogens is 282 g/mol. The number of ether oxygens (including phenoxy) is 1. The van der Waals surface area contributed by atoms with Gasteiger partial charge in [-0.25, -0.2) is 0 Å². The quantitative estimate of drug-likeness (QED) is 0.816. The highest BCUT2D eigenvalue weighted by Crippen LogP contribution is 2.21. The molecule has 0 aliphatic heterocycles. The number of nitrogens with zero attached hydrogens (tertiary/aromatic N) is 1. The molecule has 4 heteroatoms. The second kappa shape index (κ2) is 5.10. The highest BCUT2D eigenvalue weighted by molar-refractivity contribution is 9.10. The van der Waals surface area contributed by atoms with Crippen LogP contribution in [0, 0.1) is 0 Å². The van der Waals surface area contributed by atoms with E-state index < -0.39 is 0 Å². The standard InChI is InChI=1S/C13H10BrNO2/c1-17-10-6-9(7-15-8-10)13(16)11-4-2-3-5-12(11)14/h2-8H,1H3. The van der Waals surface area contributed by atoms with Crippen LogP contribution in [0.4, 0.5) is 0 Å². The minimum absolute atomic E-state index is 0.0797. The number of aromatic nitrogens is 1. The van der Waals surface area contributed by atoms with E-state index in [1.807, 2.05) is 18.2 Å². The number of methoxy groups -OCH3 is 1. The second-order valence-electron chi connectivity index (χ2n) is 3.42. The van der Waals surface area contributed by atoms with Gasteiger partial charge in [-0.3, -0.25) is 9.78 Å². The Morgan fingerprint density at radius 3 is 2.76 bits per heavy atom. The molecule has 0 atom stereocenters. The number of benzene rings is 1. The molecule has 0 fully saturated rings. The molecular formula is C13H10BrNO2. The van der Waals surface area contributed by atoms with Crippen LogP contribution in [-0.4, -0.2) is 17.9 Å². The fourth-order valence-electron chi connectivity index (χ4n) is 1.46. The molecule has 1 aromatic carbocycles. The van der Waals surface area contributed by atoms with Crippen LogP contribution >= 0.6 is 15.9 Å². The minimum atomic E-state index is -0.0797. The maximum Gasteiger partial charge on any atom is 0.195 e. The van der Waals surface area contributed by atoms with Crippen molar-refractivity contribution in [1.82, 2.24) is 4.98 Å². The first-order chi connectivity index (χ1) is 8.22. The van der Waals surface area contributed by atoms with Gasteiger partial charge < -0.3 is 4.74 Å². The van der Waals surface area contributed by atoms with Crippen molar-refractivity contribution < 1.29 is 9.53 Å². The molecule has 0 bridgehead atoms. The second-order valence-corrected chi connectivity index (χ2v) is 4.28. The monoisotopic (exact) mass is 291 g/mol. The molecule has 0 N–H and O–H groups in total. The fourth-order valence-corrected chi connectivity index (χ4v) is 1.92. The van der Waals surface area contributed by atoms with Crippen LogP contribution in [0.25, 0.3) is 0 Å². The predicted molar refractivity (Wildman–Crippen MR) is 68.4 cm³/mol. The van der Waals surface area contributed by atoms with Crippen molar-refractivity contribution in [2.45, 2.75) is 0 Å². The van der Waals surface area contributed by atoms with Gasteiger partial charge in [0.05, 0.1) is 13.3 Å². The molecule has 0 radical (unpaired) electrons. The summed E-state index contributed by atoms with van der Waals surface area (Å²) in [5, 5.41) is 0. The van der Waals surface area contributed by atoms with E-state index in [9.17, 15) is 4.79 Å². The van der Waals surface area contributed by atoms with Gasteiger partial charge in [0.1, 0.15) is 5.75 Å². The van der Waals surface area contributed by atoms with Gasteiger partial charge in [-0.2, -0.15) is 0 Å². The van der Waals surface area contributed by atoms with Crippen molar-refractivity contribution in [3.63, 3.8) is 0 Å². The molecule has 0 aliphatic carbocycles. The van der Waals surface area contributed by atoms with Gasteiger partial charge in [0.25, 0.3) is 0 Å². The molecule has 0 saturated heterocycles. The van der Waals surface area contributed by atoms with Crippen LogP contribution in [0.1, 0.15) is 15.9 Å². The summed E-state index contributed by atoms with van der Waals surface area (Å²) in [5.41, 5.74) is 1.12. The minimum Gasteiger partial charge on any atom is -0.495 e. The summed E-state index contributed by atoms with van der Waals surface area (Å²) in [5.74, 6) is 0.492. The summed E-state index contributed by atoms with van der Waals surface area (Å²) in [6.07, 6.45) is 3.10. The Morgan fingerprint density at radius 1 is 1.29 bits per heavy atom. The first kappa shape index (κ1) is 11.8. The third kappa shape index (κ3) is 2.53. The van der Waals surface area contributed by atoms with E-state index in [2.05, 4.69) is 20.9 Å². The number of carbonyl (C=O) groups excluding carboxylic acids is 1. The topological polar surface area (TPSA) is 39.2 Å². The Labute approximate surface area is 108 Å². The van der Waals surface area contributed by atoms with Gasteiger partial charge in [0.15, 0.2) is 5.78 Å². The Hall–Kier alpha value is -1.68. The van der Waals surface area contributed by atoms with E-state index >= 15 is 0 Å². The molecule has 3 nitrogen and oxygen atoms in total. The van der Waals surface area contributed by atoms with Crippen LogP contribution in [0.5, 0.6) is 5.75 Å². The van der Waals surface area contributed by atoms with Gasteiger partial charge in [-0.05, 0) is 18.2 Å². The van der Waals surface area contributed by atoms with Crippen molar-refractivity contribution in [3.8, 4) is 5.75 Å². The third-order valence-corrected chi connectivity index (χ3v) is 3.02. The smallest absolute Gasteiger partial charge is 0.195 e. The lowest BCUT2D eigenvalue weighted by Crippen LogP contribution is -2.03. The predicted octanol–water partition coefficient (Wildman–Crippen LogP) is 3.08. The summed E-state index contributed by atoms with van der Waals surface area (Å²) in [7, 11) is 1.55. The Bertz CT molecular complexity index is 555. The lowest BCUT2D eigenvalue weighted by Gasteiger charge is -2.04. The number of hydrogen-bond donors (Lipinski definition) is 0. The summed E-state index contributed by atoms with van der Waals surface area (Å²) >= 11 is 3.36. The Morgan fingerprint density at radius 2 is 2.06 bits per heavy atom. The highest BCUT2D eigenvalue weighted by Gasteiger charge is 2.12. The average molecular weight is 292 g/mol. The summed E-state index contributed by atoms with van der Waals surface area (Å²) in [4.78, 5) is 16.2. The highest BCUT2D eigenvalue weighted by atomic mass is 79.9. The molecule has 1 heterocycles. The fraction of sp³-hybridized carbons (Fsp3) is 0.0769. The number of rotatable bonds is 3. The van der Waals surface area contributed by atoms with Crippen molar-refractivity contribution in [2.75, 3.05) is 7.11 Å². The molecule has 0 spiro atoms.